The number of pyridine rings is 1. The van der Waals surface area contributed by atoms with Gasteiger partial charge in [0, 0.05) is 6.20 Å². The van der Waals surface area contributed by atoms with Crippen LogP contribution in [0, 0.1) is 5.82 Å². The molecule has 6 heteroatoms. The Hall–Kier alpha value is -1.79. The van der Waals surface area contributed by atoms with Crippen LogP contribution in [-0.2, 0) is 10.0 Å². The molecule has 0 aliphatic heterocycles. The Balaban J connectivity index is 2.20. The minimum absolute atomic E-state index is 0.0247. The Morgan fingerprint density at radius 2 is 1.84 bits per heavy atom. The summed E-state index contributed by atoms with van der Waals surface area (Å²) >= 11 is 0. The summed E-state index contributed by atoms with van der Waals surface area (Å²) in [6, 6.07) is 9.48. The van der Waals surface area contributed by atoms with Gasteiger partial charge in [0.2, 0.25) is 10.0 Å². The highest BCUT2D eigenvalue weighted by Gasteiger charge is 2.18. The molecular weight excluding hydrogens is 267 g/mol. The number of hydrogen-bond acceptors (Lipinski definition) is 3. The third kappa shape index (κ3) is 3.36. The molecule has 100 valence electrons. The van der Waals surface area contributed by atoms with E-state index in [0.29, 0.717) is 5.69 Å². The summed E-state index contributed by atoms with van der Waals surface area (Å²) in [5.74, 6) is -0.475. The van der Waals surface area contributed by atoms with E-state index in [-0.39, 0.29) is 4.90 Å². The molecular formula is C13H13FN2O2S. The van der Waals surface area contributed by atoms with Crippen molar-refractivity contribution in [3.05, 3.63) is 60.2 Å². The molecule has 0 spiro atoms. The summed E-state index contributed by atoms with van der Waals surface area (Å²) in [5, 5.41) is 0. The molecule has 1 N–H and O–H groups in total. The van der Waals surface area contributed by atoms with Crippen molar-refractivity contribution in [1.82, 2.24) is 9.71 Å². The van der Waals surface area contributed by atoms with Crippen LogP contribution in [0.3, 0.4) is 0 Å². The van der Waals surface area contributed by atoms with E-state index in [1.54, 1.807) is 31.3 Å². The van der Waals surface area contributed by atoms with E-state index >= 15 is 0 Å². The van der Waals surface area contributed by atoms with Gasteiger partial charge in [0.05, 0.1) is 16.6 Å². The Bertz CT molecular complexity index is 642. The first kappa shape index (κ1) is 13.6. The highest BCUT2D eigenvalue weighted by atomic mass is 32.2. The Labute approximate surface area is 111 Å². The number of hydrogen-bond donors (Lipinski definition) is 1. The minimum atomic E-state index is -3.68. The minimum Gasteiger partial charge on any atom is -0.260 e. The zero-order valence-electron chi connectivity index (χ0n) is 10.2. The van der Waals surface area contributed by atoms with Crippen molar-refractivity contribution >= 4 is 10.0 Å². The summed E-state index contributed by atoms with van der Waals surface area (Å²) in [7, 11) is -3.68. The van der Waals surface area contributed by atoms with Crippen molar-refractivity contribution in [2.75, 3.05) is 0 Å². The maximum Gasteiger partial charge on any atom is 0.241 e. The number of aromatic nitrogens is 1. The Morgan fingerprint density at radius 3 is 2.42 bits per heavy atom. The van der Waals surface area contributed by atoms with Crippen molar-refractivity contribution < 1.29 is 12.8 Å². The molecule has 2 rings (SSSR count). The maximum absolute atomic E-state index is 12.8. The van der Waals surface area contributed by atoms with Crippen molar-refractivity contribution in [2.24, 2.45) is 0 Å². The molecule has 0 radical (unpaired) electrons. The molecule has 0 bridgehead atoms. The summed E-state index contributed by atoms with van der Waals surface area (Å²) in [6.07, 6.45) is 1.60. The lowest BCUT2D eigenvalue weighted by atomic mass is 10.2. The highest BCUT2D eigenvalue weighted by molar-refractivity contribution is 7.89. The van der Waals surface area contributed by atoms with E-state index in [0.717, 1.165) is 12.1 Å². The summed E-state index contributed by atoms with van der Waals surface area (Å²) < 4.78 is 39.4. The monoisotopic (exact) mass is 280 g/mol. The summed E-state index contributed by atoms with van der Waals surface area (Å²) in [5.41, 5.74) is 0.619. The van der Waals surface area contributed by atoms with E-state index in [9.17, 15) is 12.8 Å². The molecule has 0 saturated carbocycles. The van der Waals surface area contributed by atoms with Crippen LogP contribution in [0.5, 0.6) is 0 Å². The zero-order chi connectivity index (χ0) is 13.9. The highest BCUT2D eigenvalue weighted by Crippen LogP contribution is 2.15. The average molecular weight is 280 g/mol. The van der Waals surface area contributed by atoms with Crippen molar-refractivity contribution in [3.8, 4) is 0 Å². The molecule has 0 aliphatic carbocycles. The van der Waals surface area contributed by atoms with Crippen LogP contribution in [0.2, 0.25) is 0 Å². The average Bonchev–Trinajstić information content (AvgIpc) is 2.40. The number of nitrogens with zero attached hydrogens (tertiary/aromatic N) is 1. The van der Waals surface area contributed by atoms with Crippen LogP contribution in [0.4, 0.5) is 4.39 Å². The van der Waals surface area contributed by atoms with E-state index in [1.165, 1.54) is 12.1 Å². The number of halogens is 1. The van der Waals surface area contributed by atoms with Gasteiger partial charge in [0.15, 0.2) is 0 Å². The quantitative estimate of drug-likeness (QED) is 0.934. The maximum atomic E-state index is 12.8. The SMILES string of the molecule is C[C@H](NS(=O)(=O)c1ccc(F)cc1)c1ccccn1. The molecule has 0 aliphatic rings. The van der Waals surface area contributed by atoms with Gasteiger partial charge in [0.1, 0.15) is 5.82 Å². The third-order valence-electron chi connectivity index (χ3n) is 2.59. The van der Waals surface area contributed by atoms with Gasteiger partial charge in [-0.25, -0.2) is 17.5 Å². The van der Waals surface area contributed by atoms with Crippen LogP contribution in [0.25, 0.3) is 0 Å². The lowest BCUT2D eigenvalue weighted by Gasteiger charge is -2.13. The largest absolute Gasteiger partial charge is 0.260 e. The molecule has 1 heterocycles. The van der Waals surface area contributed by atoms with Crippen LogP contribution in [-0.4, -0.2) is 13.4 Å². The first-order valence-corrected chi connectivity index (χ1v) is 7.16. The summed E-state index contributed by atoms with van der Waals surface area (Å²) in [4.78, 5) is 4.11. The molecule has 0 amide bonds. The first-order chi connectivity index (χ1) is 8.99. The molecule has 0 saturated heterocycles. The molecule has 1 aromatic heterocycles. The second kappa shape index (κ2) is 5.46. The van der Waals surface area contributed by atoms with Gasteiger partial charge in [-0.3, -0.25) is 4.98 Å². The fourth-order valence-electron chi connectivity index (χ4n) is 1.61. The molecule has 2 aromatic rings. The van der Waals surface area contributed by atoms with Gasteiger partial charge in [-0.2, -0.15) is 0 Å². The van der Waals surface area contributed by atoms with Gasteiger partial charge in [-0.15, -0.1) is 0 Å². The van der Waals surface area contributed by atoms with Crippen molar-refractivity contribution in [1.29, 1.82) is 0 Å². The lowest BCUT2D eigenvalue weighted by Crippen LogP contribution is -2.27. The molecule has 0 fully saturated rings. The van der Waals surface area contributed by atoms with Crippen molar-refractivity contribution in [3.63, 3.8) is 0 Å². The lowest BCUT2D eigenvalue weighted by molar-refractivity contribution is 0.563. The number of sulfonamides is 1. The van der Waals surface area contributed by atoms with E-state index in [1.807, 2.05) is 0 Å². The smallest absolute Gasteiger partial charge is 0.241 e. The zero-order valence-corrected chi connectivity index (χ0v) is 11.1. The number of rotatable bonds is 4. The first-order valence-electron chi connectivity index (χ1n) is 5.68. The third-order valence-corrected chi connectivity index (χ3v) is 4.14. The van der Waals surface area contributed by atoms with E-state index < -0.39 is 21.9 Å². The van der Waals surface area contributed by atoms with Gasteiger partial charge in [-0.05, 0) is 43.3 Å². The number of nitrogens with one attached hydrogen (secondary N) is 1. The van der Waals surface area contributed by atoms with Gasteiger partial charge in [0.25, 0.3) is 0 Å². The predicted molar refractivity (Wildman–Crippen MR) is 69.4 cm³/mol. The fraction of sp³-hybridized carbons (Fsp3) is 0.154. The molecule has 1 atom stereocenters. The topological polar surface area (TPSA) is 59.1 Å². The Kier molecular flexibility index (Phi) is 3.92. The van der Waals surface area contributed by atoms with Gasteiger partial charge >= 0.3 is 0 Å². The van der Waals surface area contributed by atoms with Crippen molar-refractivity contribution in [2.45, 2.75) is 17.9 Å². The van der Waals surface area contributed by atoms with Gasteiger partial charge < -0.3 is 0 Å². The van der Waals surface area contributed by atoms with Crippen LogP contribution in [0.15, 0.2) is 53.6 Å². The normalized spacial score (nSPS) is 13.2. The Morgan fingerprint density at radius 1 is 1.16 bits per heavy atom. The second-order valence-corrected chi connectivity index (χ2v) is 5.77. The molecule has 0 unspecified atom stereocenters. The van der Waals surface area contributed by atoms with E-state index in [4.69, 9.17) is 0 Å². The predicted octanol–water partition coefficient (Wildman–Crippen LogP) is 2.26. The standard InChI is InChI=1S/C13H13FN2O2S/c1-10(13-4-2-3-9-15-13)16-19(17,18)12-7-5-11(14)6-8-12/h2-10,16H,1H3/t10-/m0/s1. The van der Waals surface area contributed by atoms with Crippen LogP contribution in [0.1, 0.15) is 18.7 Å². The van der Waals surface area contributed by atoms with E-state index in [2.05, 4.69) is 9.71 Å². The van der Waals surface area contributed by atoms with Gasteiger partial charge in [-0.1, -0.05) is 6.07 Å². The molecule has 19 heavy (non-hydrogen) atoms. The summed E-state index contributed by atoms with van der Waals surface area (Å²) in [6.45, 7) is 1.70. The molecule has 4 nitrogen and oxygen atoms in total. The van der Waals surface area contributed by atoms with Crippen LogP contribution < -0.4 is 4.72 Å². The molecule has 1 aromatic carbocycles. The fourth-order valence-corrected chi connectivity index (χ4v) is 2.82. The number of benzene rings is 1. The van der Waals surface area contributed by atoms with Crippen LogP contribution >= 0.6 is 0 Å². The second-order valence-electron chi connectivity index (χ2n) is 4.05.